The summed E-state index contributed by atoms with van der Waals surface area (Å²) in [5, 5.41) is 3.01. The Morgan fingerprint density at radius 1 is 0.943 bits per heavy atom. The Balaban J connectivity index is 1.25. The number of hydrogen-bond donors (Lipinski definition) is 1. The molecule has 5 rings (SSSR count). The number of carbonyl (C=O) groups is 2. The molecule has 2 heterocycles. The lowest BCUT2D eigenvalue weighted by Gasteiger charge is -2.31. The Labute approximate surface area is 207 Å². The normalized spacial score (nSPS) is 21.1. The molecule has 0 aromatic heterocycles. The molecule has 0 spiro atoms. The van der Waals surface area contributed by atoms with Gasteiger partial charge in [0.2, 0.25) is 21.8 Å². The Morgan fingerprint density at radius 3 is 2.31 bits per heavy atom. The maximum absolute atomic E-state index is 13.4. The molecule has 0 bridgehead atoms. The smallest absolute Gasteiger partial charge is 0.243 e. The fraction of sp³-hybridized carbons (Fsp3) is 0.481. The van der Waals surface area contributed by atoms with E-state index in [0.717, 1.165) is 40.9 Å². The number of rotatable bonds is 5. The zero-order valence-electron chi connectivity index (χ0n) is 20.6. The van der Waals surface area contributed by atoms with Crippen molar-refractivity contribution in [3.8, 4) is 0 Å². The van der Waals surface area contributed by atoms with Crippen LogP contribution in [0.1, 0.15) is 49.3 Å². The van der Waals surface area contributed by atoms with Gasteiger partial charge in [-0.05, 0) is 88.3 Å². The van der Waals surface area contributed by atoms with Crippen molar-refractivity contribution in [3.63, 3.8) is 0 Å². The minimum atomic E-state index is -3.66. The summed E-state index contributed by atoms with van der Waals surface area (Å²) in [5.41, 5.74) is 4.71. The molecule has 1 N–H and O–H groups in total. The fourth-order valence-corrected chi connectivity index (χ4v) is 6.85. The topological polar surface area (TPSA) is 86.8 Å². The zero-order chi connectivity index (χ0) is 24.9. The van der Waals surface area contributed by atoms with Crippen molar-refractivity contribution in [2.24, 2.45) is 11.8 Å². The van der Waals surface area contributed by atoms with Crippen LogP contribution in [0.5, 0.6) is 0 Å². The SMILES string of the molecule is Cc1ccc(NC(=O)C2CCN(S(=O)(=O)c3ccc4c(c3)C[C@@H](C)N4C(=O)C3CC3)CC2)c(C)c1. The molecule has 2 aromatic rings. The summed E-state index contributed by atoms with van der Waals surface area (Å²) >= 11 is 0. The van der Waals surface area contributed by atoms with E-state index in [9.17, 15) is 18.0 Å². The number of anilines is 2. The summed E-state index contributed by atoms with van der Waals surface area (Å²) in [5.74, 6) is 0.0132. The van der Waals surface area contributed by atoms with Crippen LogP contribution in [0.2, 0.25) is 0 Å². The number of aryl methyl sites for hydroxylation is 2. The molecule has 2 aromatic carbocycles. The van der Waals surface area contributed by atoms with Crippen molar-refractivity contribution in [2.75, 3.05) is 23.3 Å². The van der Waals surface area contributed by atoms with Gasteiger partial charge in [0.1, 0.15) is 0 Å². The Morgan fingerprint density at radius 2 is 1.66 bits per heavy atom. The molecule has 35 heavy (non-hydrogen) atoms. The average Bonchev–Trinajstić information content (AvgIpc) is 3.62. The van der Waals surface area contributed by atoms with Crippen LogP contribution in [0, 0.1) is 25.7 Å². The second-order valence-corrected chi connectivity index (χ2v) is 12.3. The Bertz CT molecular complexity index is 1280. The highest BCUT2D eigenvalue weighted by atomic mass is 32.2. The van der Waals surface area contributed by atoms with Crippen molar-refractivity contribution >= 4 is 33.2 Å². The molecule has 7 nitrogen and oxygen atoms in total. The lowest BCUT2D eigenvalue weighted by Crippen LogP contribution is -2.41. The molecule has 186 valence electrons. The highest BCUT2D eigenvalue weighted by Gasteiger charge is 2.40. The molecule has 1 aliphatic carbocycles. The highest BCUT2D eigenvalue weighted by molar-refractivity contribution is 7.89. The molecule has 3 aliphatic rings. The predicted molar refractivity (Wildman–Crippen MR) is 136 cm³/mol. The van der Waals surface area contributed by atoms with Gasteiger partial charge in [0.25, 0.3) is 0 Å². The van der Waals surface area contributed by atoms with E-state index in [1.807, 2.05) is 43.9 Å². The van der Waals surface area contributed by atoms with Crippen molar-refractivity contribution in [1.29, 1.82) is 0 Å². The van der Waals surface area contributed by atoms with Gasteiger partial charge in [0.15, 0.2) is 0 Å². The van der Waals surface area contributed by atoms with E-state index in [0.29, 0.717) is 32.4 Å². The van der Waals surface area contributed by atoms with Crippen molar-refractivity contribution in [1.82, 2.24) is 4.31 Å². The minimum Gasteiger partial charge on any atom is -0.326 e. The summed E-state index contributed by atoms with van der Waals surface area (Å²) in [7, 11) is -3.66. The van der Waals surface area contributed by atoms with E-state index in [4.69, 9.17) is 0 Å². The van der Waals surface area contributed by atoms with Crippen LogP contribution in [0.15, 0.2) is 41.3 Å². The van der Waals surface area contributed by atoms with Crippen molar-refractivity contribution in [3.05, 3.63) is 53.1 Å². The predicted octanol–water partition coefficient (Wildman–Crippen LogP) is 4.03. The Kier molecular flexibility index (Phi) is 6.21. The molecule has 2 fully saturated rings. The number of nitrogens with zero attached hydrogens (tertiary/aromatic N) is 2. The fourth-order valence-electron chi connectivity index (χ4n) is 5.33. The van der Waals surface area contributed by atoms with Crippen molar-refractivity contribution < 1.29 is 18.0 Å². The number of benzene rings is 2. The first-order valence-electron chi connectivity index (χ1n) is 12.5. The number of fused-ring (bicyclic) bond motifs is 1. The first-order valence-corrected chi connectivity index (χ1v) is 13.9. The first-order chi connectivity index (χ1) is 16.6. The molecule has 1 saturated heterocycles. The second kappa shape index (κ2) is 9.06. The number of sulfonamides is 1. The standard InChI is InChI=1S/C27H33N3O4S/c1-17-4-8-24(18(2)14-17)28-26(31)20-10-12-29(13-11-20)35(33,34)23-7-9-25-22(16-23)15-19(3)30(25)27(32)21-5-6-21/h4,7-9,14,16,19-21H,5-6,10-13,15H2,1-3H3,(H,28,31)/t19-/m1/s1. The quantitative estimate of drug-likeness (QED) is 0.679. The molecule has 1 atom stereocenters. The number of hydrogen-bond acceptors (Lipinski definition) is 4. The summed E-state index contributed by atoms with van der Waals surface area (Å²) in [6.07, 6.45) is 3.53. The van der Waals surface area contributed by atoms with E-state index in [2.05, 4.69) is 5.32 Å². The number of carbonyl (C=O) groups excluding carboxylic acids is 2. The molecule has 2 aliphatic heterocycles. The van der Waals surface area contributed by atoms with Crippen LogP contribution in [0.3, 0.4) is 0 Å². The summed E-state index contributed by atoms with van der Waals surface area (Å²) < 4.78 is 28.3. The monoisotopic (exact) mass is 495 g/mol. The Hall–Kier alpha value is -2.71. The molecule has 1 saturated carbocycles. The van der Waals surface area contributed by atoms with Crippen LogP contribution in [-0.4, -0.2) is 43.7 Å². The number of nitrogens with one attached hydrogen (secondary N) is 1. The van der Waals surface area contributed by atoms with Gasteiger partial charge in [-0.25, -0.2) is 8.42 Å². The third-order valence-corrected chi connectivity index (χ3v) is 9.43. The number of amides is 2. The van der Waals surface area contributed by atoms with Gasteiger partial charge in [-0.2, -0.15) is 4.31 Å². The van der Waals surface area contributed by atoms with Crippen LogP contribution in [-0.2, 0) is 26.0 Å². The van der Waals surface area contributed by atoms with Crippen LogP contribution < -0.4 is 10.2 Å². The zero-order valence-corrected chi connectivity index (χ0v) is 21.4. The second-order valence-electron chi connectivity index (χ2n) is 10.3. The average molecular weight is 496 g/mol. The molecule has 0 unspecified atom stereocenters. The van der Waals surface area contributed by atoms with Gasteiger partial charge in [-0.15, -0.1) is 0 Å². The molecular formula is C27H33N3O4S. The van der Waals surface area contributed by atoms with Crippen LogP contribution >= 0.6 is 0 Å². The molecule has 8 heteroatoms. The van der Waals surface area contributed by atoms with Crippen LogP contribution in [0.25, 0.3) is 0 Å². The van der Waals surface area contributed by atoms with Gasteiger partial charge >= 0.3 is 0 Å². The summed E-state index contributed by atoms with van der Waals surface area (Å²) in [4.78, 5) is 27.6. The number of piperidine rings is 1. The molecule has 2 amide bonds. The van der Waals surface area contributed by atoms with E-state index in [-0.39, 0.29) is 34.6 Å². The van der Waals surface area contributed by atoms with Crippen LogP contribution in [0.4, 0.5) is 11.4 Å². The summed E-state index contributed by atoms with van der Waals surface area (Å²) in [6, 6.07) is 11.1. The highest BCUT2D eigenvalue weighted by Crippen LogP contribution is 2.40. The lowest BCUT2D eigenvalue weighted by molar-refractivity contribution is -0.121. The van der Waals surface area contributed by atoms with E-state index >= 15 is 0 Å². The summed E-state index contributed by atoms with van der Waals surface area (Å²) in [6.45, 7) is 6.62. The van der Waals surface area contributed by atoms with Gasteiger partial charge in [0.05, 0.1) is 4.90 Å². The third kappa shape index (κ3) is 4.61. The van der Waals surface area contributed by atoms with Gasteiger partial charge in [-0.1, -0.05) is 17.7 Å². The lowest BCUT2D eigenvalue weighted by atomic mass is 9.97. The van der Waals surface area contributed by atoms with Crippen molar-refractivity contribution in [2.45, 2.75) is 63.8 Å². The van der Waals surface area contributed by atoms with E-state index < -0.39 is 10.0 Å². The largest absolute Gasteiger partial charge is 0.326 e. The molecule has 0 radical (unpaired) electrons. The first kappa shape index (κ1) is 24.0. The van der Waals surface area contributed by atoms with Gasteiger partial charge < -0.3 is 10.2 Å². The van der Waals surface area contributed by atoms with E-state index in [1.165, 1.54) is 4.31 Å². The van der Waals surface area contributed by atoms with E-state index in [1.54, 1.807) is 18.2 Å². The molecular weight excluding hydrogens is 462 g/mol. The maximum atomic E-state index is 13.4. The third-order valence-electron chi connectivity index (χ3n) is 7.53. The van der Waals surface area contributed by atoms with Gasteiger partial charge in [0, 0.05) is 42.3 Å². The maximum Gasteiger partial charge on any atom is 0.243 e. The minimum absolute atomic E-state index is 0.0440. The van der Waals surface area contributed by atoms with Gasteiger partial charge in [-0.3, -0.25) is 9.59 Å².